The van der Waals surface area contributed by atoms with Gasteiger partial charge in [0, 0.05) is 28.5 Å². The molecule has 1 unspecified atom stereocenters. The highest BCUT2D eigenvalue weighted by atomic mass is 79.9. The van der Waals surface area contributed by atoms with Crippen molar-refractivity contribution in [2.75, 3.05) is 13.7 Å². The number of carbonyl (C=O) groups is 1. The van der Waals surface area contributed by atoms with Crippen LogP contribution < -0.4 is 10.2 Å². The number of hydrogen-bond acceptors (Lipinski definition) is 5. The topological polar surface area (TPSA) is 69.7 Å². The lowest BCUT2D eigenvalue weighted by molar-refractivity contribution is -0.186. The molecule has 4 rings (SSSR count). The van der Waals surface area contributed by atoms with Crippen molar-refractivity contribution in [1.29, 1.82) is 0 Å². The van der Waals surface area contributed by atoms with E-state index in [1.165, 1.54) is 0 Å². The lowest BCUT2D eigenvalue weighted by Crippen LogP contribution is -2.33. The van der Waals surface area contributed by atoms with E-state index in [-0.39, 0.29) is 5.91 Å². The quantitative estimate of drug-likeness (QED) is 0.555. The molecule has 1 fully saturated rings. The minimum absolute atomic E-state index is 0.349. The van der Waals surface area contributed by atoms with Crippen LogP contribution in [-0.2, 0) is 9.57 Å². The van der Waals surface area contributed by atoms with Crippen LogP contribution in [0.15, 0.2) is 53.0 Å². The Kier molecular flexibility index (Phi) is 6.08. The van der Waals surface area contributed by atoms with Crippen LogP contribution in [0.2, 0.25) is 0 Å². The number of rotatable bonds is 5. The number of hydrogen-bond donors (Lipinski definition) is 1. The zero-order chi connectivity index (χ0) is 20.2. The summed E-state index contributed by atoms with van der Waals surface area (Å²) in [5.74, 6) is 0.305. The zero-order valence-corrected chi connectivity index (χ0v) is 17.6. The summed E-state index contributed by atoms with van der Waals surface area (Å²) in [6, 6.07) is 15.0. The van der Waals surface area contributed by atoms with Crippen molar-refractivity contribution >= 4 is 32.7 Å². The van der Waals surface area contributed by atoms with Crippen LogP contribution >= 0.6 is 15.9 Å². The number of methoxy groups -OCH3 is 1. The van der Waals surface area contributed by atoms with Crippen LogP contribution in [0.3, 0.4) is 0 Å². The Morgan fingerprint density at radius 1 is 1.17 bits per heavy atom. The molecule has 1 aliphatic rings. The molecule has 0 spiro atoms. The summed E-state index contributed by atoms with van der Waals surface area (Å²) in [5.41, 5.74) is 5.32. The van der Waals surface area contributed by atoms with E-state index in [1.807, 2.05) is 36.4 Å². The third kappa shape index (κ3) is 4.58. The van der Waals surface area contributed by atoms with Crippen molar-refractivity contribution < 1.29 is 19.1 Å². The monoisotopic (exact) mass is 456 g/mol. The smallest absolute Gasteiger partial charge is 0.275 e. The Hall–Kier alpha value is -2.48. The highest BCUT2D eigenvalue weighted by Gasteiger charge is 2.19. The number of ether oxygens (including phenoxy) is 2. The second-order valence-corrected chi connectivity index (χ2v) is 7.71. The first kappa shape index (κ1) is 19.8. The van der Waals surface area contributed by atoms with Gasteiger partial charge in [-0.15, -0.1) is 0 Å². The largest absolute Gasteiger partial charge is 0.497 e. The van der Waals surface area contributed by atoms with Crippen molar-refractivity contribution in [1.82, 2.24) is 10.5 Å². The van der Waals surface area contributed by atoms with Gasteiger partial charge in [0.25, 0.3) is 5.91 Å². The Morgan fingerprint density at radius 3 is 2.72 bits per heavy atom. The second-order valence-electron chi connectivity index (χ2n) is 6.79. The van der Waals surface area contributed by atoms with Gasteiger partial charge in [0.2, 0.25) is 0 Å². The van der Waals surface area contributed by atoms with Gasteiger partial charge in [-0.1, -0.05) is 28.1 Å². The van der Waals surface area contributed by atoms with Gasteiger partial charge < -0.3 is 9.47 Å². The molecule has 1 amide bonds. The first-order valence-electron chi connectivity index (χ1n) is 9.46. The lowest BCUT2D eigenvalue weighted by Gasteiger charge is -2.22. The molecule has 0 aliphatic carbocycles. The normalized spacial score (nSPS) is 16.6. The molecule has 1 aromatic heterocycles. The zero-order valence-electron chi connectivity index (χ0n) is 16.0. The van der Waals surface area contributed by atoms with E-state index < -0.39 is 6.29 Å². The number of carbonyl (C=O) groups excluding carboxylic acids is 1. The van der Waals surface area contributed by atoms with Crippen LogP contribution in [0, 0.1) is 0 Å². The highest BCUT2D eigenvalue weighted by molar-refractivity contribution is 9.10. The minimum Gasteiger partial charge on any atom is -0.497 e. The predicted molar refractivity (Wildman–Crippen MR) is 114 cm³/mol. The molecule has 0 saturated carbocycles. The molecule has 6 nitrogen and oxygen atoms in total. The van der Waals surface area contributed by atoms with E-state index >= 15 is 0 Å². The fourth-order valence-corrected chi connectivity index (χ4v) is 3.53. The molecule has 0 bridgehead atoms. The van der Waals surface area contributed by atoms with Crippen molar-refractivity contribution in [2.45, 2.75) is 25.6 Å². The summed E-state index contributed by atoms with van der Waals surface area (Å²) < 4.78 is 11.8. The number of benzene rings is 2. The molecule has 1 atom stereocenters. The Morgan fingerprint density at radius 2 is 2.00 bits per heavy atom. The number of amides is 1. The second kappa shape index (κ2) is 8.90. The van der Waals surface area contributed by atoms with E-state index in [4.69, 9.17) is 19.3 Å². The third-order valence-electron chi connectivity index (χ3n) is 4.82. The molecule has 1 N–H and O–H groups in total. The number of aromatic nitrogens is 1. The highest BCUT2D eigenvalue weighted by Crippen LogP contribution is 2.28. The number of nitrogens with one attached hydrogen (secondary N) is 1. The van der Waals surface area contributed by atoms with E-state index in [2.05, 4.69) is 21.4 Å². The lowest BCUT2D eigenvalue weighted by atomic mass is 10.0. The number of fused-ring (bicyclic) bond motifs is 1. The predicted octanol–water partition coefficient (Wildman–Crippen LogP) is 4.86. The maximum atomic E-state index is 13.0. The molecule has 3 aromatic rings. The summed E-state index contributed by atoms with van der Waals surface area (Å²) in [4.78, 5) is 23.2. The number of pyridine rings is 1. The standard InChI is InChI=1S/C22H21BrN2O4/c1-27-16-9-10-19-17(12-16)18(22(26)25-29-21-4-2-3-11-28-21)13-20(24-19)14-5-7-15(23)8-6-14/h5-10,12-13,21H,2-4,11H2,1H3,(H,25,26). The number of halogens is 1. The van der Waals surface area contributed by atoms with Gasteiger partial charge in [-0.3, -0.25) is 4.79 Å². The van der Waals surface area contributed by atoms with Crippen molar-refractivity contribution in [3.8, 4) is 17.0 Å². The summed E-state index contributed by atoms with van der Waals surface area (Å²) in [7, 11) is 1.59. The van der Waals surface area contributed by atoms with Crippen LogP contribution in [0.4, 0.5) is 0 Å². The Bertz CT molecular complexity index is 1020. The summed E-state index contributed by atoms with van der Waals surface area (Å²) in [5, 5.41) is 0.691. The van der Waals surface area contributed by atoms with Crippen molar-refractivity contribution in [3.63, 3.8) is 0 Å². The van der Waals surface area contributed by atoms with E-state index in [0.29, 0.717) is 34.5 Å². The van der Waals surface area contributed by atoms with Gasteiger partial charge in [-0.2, -0.15) is 0 Å². The molecule has 7 heteroatoms. The molecule has 2 heterocycles. The fourth-order valence-electron chi connectivity index (χ4n) is 3.27. The van der Waals surface area contributed by atoms with Gasteiger partial charge in [0.05, 0.1) is 23.9 Å². The van der Waals surface area contributed by atoms with E-state index in [1.54, 1.807) is 19.2 Å². The van der Waals surface area contributed by atoms with Crippen molar-refractivity contribution in [3.05, 3.63) is 58.6 Å². The van der Waals surface area contributed by atoms with Gasteiger partial charge in [0.1, 0.15) is 5.75 Å². The summed E-state index contributed by atoms with van der Waals surface area (Å²) in [6.07, 6.45) is 2.37. The van der Waals surface area contributed by atoms with Crippen LogP contribution in [-0.4, -0.2) is 30.9 Å². The summed E-state index contributed by atoms with van der Waals surface area (Å²) in [6.45, 7) is 0.642. The number of hydroxylamine groups is 1. The van der Waals surface area contributed by atoms with E-state index in [9.17, 15) is 4.79 Å². The first-order chi connectivity index (χ1) is 14.1. The van der Waals surface area contributed by atoms with E-state index in [0.717, 1.165) is 29.3 Å². The van der Waals surface area contributed by atoms with Crippen molar-refractivity contribution in [2.24, 2.45) is 0 Å². The van der Waals surface area contributed by atoms with Gasteiger partial charge in [-0.25, -0.2) is 15.3 Å². The maximum absolute atomic E-state index is 13.0. The molecule has 1 saturated heterocycles. The molecular formula is C22H21BrN2O4. The SMILES string of the molecule is COc1ccc2nc(-c3ccc(Br)cc3)cc(C(=O)NOC3CCCCO3)c2c1. The van der Waals surface area contributed by atoms with Gasteiger partial charge >= 0.3 is 0 Å². The van der Waals surface area contributed by atoms with Gasteiger partial charge in [0.15, 0.2) is 6.29 Å². The first-order valence-corrected chi connectivity index (χ1v) is 10.3. The Balaban J connectivity index is 1.70. The maximum Gasteiger partial charge on any atom is 0.275 e. The minimum atomic E-state index is -0.415. The van der Waals surface area contributed by atoms with Gasteiger partial charge in [-0.05, 0) is 49.2 Å². The average molecular weight is 457 g/mol. The molecular weight excluding hydrogens is 436 g/mol. The Labute approximate surface area is 177 Å². The molecule has 29 heavy (non-hydrogen) atoms. The van der Waals surface area contributed by atoms with Crippen LogP contribution in [0.5, 0.6) is 5.75 Å². The van der Waals surface area contributed by atoms with Crippen LogP contribution in [0.1, 0.15) is 29.6 Å². The number of nitrogens with zero attached hydrogens (tertiary/aromatic N) is 1. The summed E-state index contributed by atoms with van der Waals surface area (Å²) >= 11 is 3.44. The molecule has 150 valence electrons. The molecule has 0 radical (unpaired) electrons. The average Bonchev–Trinajstić information content (AvgIpc) is 2.77. The molecule has 2 aromatic carbocycles. The molecule has 1 aliphatic heterocycles. The van der Waals surface area contributed by atoms with Crippen LogP contribution in [0.25, 0.3) is 22.2 Å². The fraction of sp³-hybridized carbons (Fsp3) is 0.273. The third-order valence-corrected chi connectivity index (χ3v) is 5.35.